The summed E-state index contributed by atoms with van der Waals surface area (Å²) in [5.41, 5.74) is -1.22. The van der Waals surface area contributed by atoms with Gasteiger partial charge in [-0.25, -0.2) is 0 Å². The third-order valence-corrected chi connectivity index (χ3v) is 7.71. The van der Waals surface area contributed by atoms with Crippen LogP contribution < -0.4 is 9.47 Å². The molecule has 1 aromatic rings. The van der Waals surface area contributed by atoms with Crippen molar-refractivity contribution in [2.24, 2.45) is 0 Å². The van der Waals surface area contributed by atoms with Crippen LogP contribution in [0.4, 0.5) is 0 Å². The molecule has 0 radical (unpaired) electrons. The standard InChI is InChI=1S/C23H35O9P/c1-6-30-33(25,31-7-2)21(22(24)32-23(3,4)5)17(9-11-20-26-12-13-27-20)16-8-10-18-19(14-16)29-15-28-18/h8,10,14,17,20-21H,6-7,9,11-13,15H2,1-5H3. The summed E-state index contributed by atoms with van der Waals surface area (Å²) in [4.78, 5) is 13.5. The fourth-order valence-corrected chi connectivity index (χ4v) is 6.16. The van der Waals surface area contributed by atoms with Crippen molar-refractivity contribution in [1.82, 2.24) is 0 Å². The Hall–Kier alpha value is -1.64. The predicted molar refractivity (Wildman–Crippen MR) is 121 cm³/mol. The zero-order valence-corrected chi connectivity index (χ0v) is 20.9. The number of hydrogen-bond donors (Lipinski definition) is 0. The highest BCUT2D eigenvalue weighted by molar-refractivity contribution is 7.55. The minimum absolute atomic E-state index is 0.124. The third kappa shape index (κ3) is 6.70. The topological polar surface area (TPSA) is 98.8 Å². The molecule has 0 amide bonds. The van der Waals surface area contributed by atoms with Crippen LogP contribution in [0.5, 0.6) is 11.5 Å². The quantitative estimate of drug-likeness (QED) is 0.327. The second-order valence-electron chi connectivity index (χ2n) is 8.82. The van der Waals surface area contributed by atoms with Gasteiger partial charge in [0.1, 0.15) is 5.60 Å². The van der Waals surface area contributed by atoms with Crippen molar-refractivity contribution >= 4 is 13.6 Å². The summed E-state index contributed by atoms with van der Waals surface area (Å²) in [7, 11) is -3.90. The molecule has 0 aromatic heterocycles. The molecule has 0 saturated carbocycles. The second-order valence-corrected chi connectivity index (χ2v) is 11.0. The molecule has 3 rings (SSSR count). The van der Waals surface area contributed by atoms with Gasteiger partial charge in [0.25, 0.3) is 0 Å². The first-order valence-corrected chi connectivity index (χ1v) is 13.0. The van der Waals surface area contributed by atoms with E-state index in [4.69, 9.17) is 32.7 Å². The van der Waals surface area contributed by atoms with Crippen molar-refractivity contribution in [3.63, 3.8) is 0 Å². The Balaban J connectivity index is 2.03. The lowest BCUT2D eigenvalue weighted by molar-refractivity contribution is -0.155. The average molecular weight is 486 g/mol. The normalized spacial score (nSPS) is 18.3. The number of benzene rings is 1. The van der Waals surface area contributed by atoms with E-state index in [0.717, 1.165) is 5.56 Å². The predicted octanol–water partition coefficient (Wildman–Crippen LogP) is 4.63. The van der Waals surface area contributed by atoms with E-state index in [1.54, 1.807) is 40.7 Å². The molecule has 10 heteroatoms. The molecule has 2 atom stereocenters. The third-order valence-electron chi connectivity index (χ3n) is 5.22. The van der Waals surface area contributed by atoms with Crippen molar-refractivity contribution in [3.05, 3.63) is 23.8 Å². The summed E-state index contributed by atoms with van der Waals surface area (Å²) in [6, 6.07) is 5.43. The van der Waals surface area contributed by atoms with E-state index in [1.165, 1.54) is 0 Å². The summed E-state index contributed by atoms with van der Waals surface area (Å²) in [6.45, 7) is 10.1. The van der Waals surface area contributed by atoms with E-state index in [-0.39, 0.29) is 26.3 Å². The number of hydrogen-bond acceptors (Lipinski definition) is 9. The van der Waals surface area contributed by atoms with Crippen molar-refractivity contribution in [1.29, 1.82) is 0 Å². The molecule has 1 saturated heterocycles. The highest BCUT2D eigenvalue weighted by Crippen LogP contribution is 2.59. The Labute approximate surface area is 195 Å². The van der Waals surface area contributed by atoms with Gasteiger partial charge in [-0.3, -0.25) is 9.36 Å². The maximum Gasteiger partial charge on any atom is 0.345 e. The van der Waals surface area contributed by atoms with Gasteiger partial charge in [-0.05, 0) is 65.2 Å². The number of carbonyl (C=O) groups is 1. The van der Waals surface area contributed by atoms with Crippen LogP contribution in [-0.4, -0.2) is 56.7 Å². The van der Waals surface area contributed by atoms with Crippen LogP contribution in [0, 0.1) is 0 Å². The Morgan fingerprint density at radius 2 is 1.73 bits per heavy atom. The van der Waals surface area contributed by atoms with Gasteiger partial charge >= 0.3 is 13.6 Å². The van der Waals surface area contributed by atoms with Gasteiger partial charge < -0.3 is 32.7 Å². The molecule has 1 aromatic carbocycles. The van der Waals surface area contributed by atoms with Gasteiger partial charge in [0.05, 0.1) is 26.4 Å². The molecule has 2 unspecified atom stereocenters. The monoisotopic (exact) mass is 486 g/mol. The second kappa shape index (κ2) is 11.2. The number of ether oxygens (including phenoxy) is 5. The zero-order valence-electron chi connectivity index (χ0n) is 20.0. The molecule has 2 aliphatic heterocycles. The van der Waals surface area contributed by atoms with E-state index in [1.807, 2.05) is 12.1 Å². The van der Waals surface area contributed by atoms with Crippen LogP contribution in [0.2, 0.25) is 0 Å². The molecule has 0 aliphatic carbocycles. The highest BCUT2D eigenvalue weighted by atomic mass is 31.2. The van der Waals surface area contributed by atoms with Crippen molar-refractivity contribution in [3.8, 4) is 11.5 Å². The van der Waals surface area contributed by atoms with E-state index in [0.29, 0.717) is 37.6 Å². The van der Waals surface area contributed by atoms with Crippen LogP contribution in [0.15, 0.2) is 18.2 Å². The van der Waals surface area contributed by atoms with Crippen molar-refractivity contribution in [2.75, 3.05) is 33.2 Å². The molecular formula is C23H35O9P. The van der Waals surface area contributed by atoms with Gasteiger partial charge in [0.15, 0.2) is 23.4 Å². The number of rotatable bonds is 11. The van der Waals surface area contributed by atoms with Gasteiger partial charge in [0, 0.05) is 5.92 Å². The Bertz CT molecular complexity index is 835. The SMILES string of the molecule is CCOP(=O)(OCC)C(C(=O)OC(C)(C)C)C(CCC1OCCO1)c1ccc2c(c1)OCO2. The molecule has 1 fully saturated rings. The first kappa shape index (κ1) is 26.0. The van der Waals surface area contributed by atoms with E-state index >= 15 is 0 Å². The van der Waals surface area contributed by atoms with Gasteiger partial charge in [-0.1, -0.05) is 6.07 Å². The fourth-order valence-electron chi connectivity index (χ4n) is 3.97. The minimum atomic E-state index is -3.90. The Kier molecular flexibility index (Phi) is 8.81. The van der Waals surface area contributed by atoms with Crippen LogP contribution in [0.3, 0.4) is 0 Å². The molecule has 2 aliphatic rings. The summed E-state index contributed by atoms with van der Waals surface area (Å²) in [5, 5.41) is 0. The van der Waals surface area contributed by atoms with Crippen LogP contribution in [0.1, 0.15) is 58.9 Å². The first-order chi connectivity index (χ1) is 15.7. The molecule has 9 nitrogen and oxygen atoms in total. The van der Waals surface area contributed by atoms with Crippen LogP contribution >= 0.6 is 7.60 Å². The summed E-state index contributed by atoms with van der Waals surface area (Å²) in [6.07, 6.45) is 0.536. The lowest BCUT2D eigenvalue weighted by atomic mass is 9.90. The van der Waals surface area contributed by atoms with Crippen LogP contribution in [0.25, 0.3) is 0 Å². The lowest BCUT2D eigenvalue weighted by Gasteiger charge is -2.33. The maximum absolute atomic E-state index is 14.0. The lowest BCUT2D eigenvalue weighted by Crippen LogP contribution is -2.37. The fraction of sp³-hybridized carbons (Fsp3) is 0.696. The molecule has 2 heterocycles. The average Bonchev–Trinajstić information content (AvgIpc) is 3.41. The molecule has 0 bridgehead atoms. The van der Waals surface area contributed by atoms with E-state index in [9.17, 15) is 9.36 Å². The molecule has 186 valence electrons. The number of fused-ring (bicyclic) bond motifs is 1. The number of esters is 1. The molecule has 33 heavy (non-hydrogen) atoms. The van der Waals surface area contributed by atoms with Gasteiger partial charge in [-0.2, -0.15) is 0 Å². The number of carbonyl (C=O) groups excluding carboxylic acids is 1. The first-order valence-electron chi connectivity index (χ1n) is 11.4. The Morgan fingerprint density at radius 1 is 1.09 bits per heavy atom. The molecular weight excluding hydrogens is 451 g/mol. The van der Waals surface area contributed by atoms with Gasteiger partial charge in [0.2, 0.25) is 6.79 Å². The van der Waals surface area contributed by atoms with Gasteiger partial charge in [-0.15, -0.1) is 0 Å². The zero-order chi connectivity index (χ0) is 24.1. The molecule has 0 spiro atoms. The summed E-state index contributed by atoms with van der Waals surface area (Å²) in [5.74, 6) is -0.0159. The maximum atomic E-state index is 14.0. The van der Waals surface area contributed by atoms with Crippen molar-refractivity contribution < 1.29 is 42.1 Å². The van der Waals surface area contributed by atoms with Crippen molar-refractivity contribution in [2.45, 2.75) is 70.9 Å². The smallest absolute Gasteiger partial charge is 0.345 e. The van der Waals surface area contributed by atoms with Crippen LogP contribution in [-0.2, 0) is 32.6 Å². The Morgan fingerprint density at radius 3 is 2.33 bits per heavy atom. The largest absolute Gasteiger partial charge is 0.459 e. The summed E-state index contributed by atoms with van der Waals surface area (Å²) < 4.78 is 53.2. The van der Waals surface area contributed by atoms with E-state index in [2.05, 4.69) is 0 Å². The van der Waals surface area contributed by atoms with E-state index < -0.39 is 30.7 Å². The highest BCUT2D eigenvalue weighted by Gasteiger charge is 2.49. The minimum Gasteiger partial charge on any atom is -0.459 e. The summed E-state index contributed by atoms with van der Waals surface area (Å²) >= 11 is 0. The molecule has 0 N–H and O–H groups in total.